The summed E-state index contributed by atoms with van der Waals surface area (Å²) >= 11 is 0. The number of hydrogen-bond acceptors (Lipinski definition) is 4. The van der Waals surface area contributed by atoms with E-state index in [1.54, 1.807) is 13.0 Å². The Hall–Kier alpha value is -2.11. The topological polar surface area (TPSA) is 83.8 Å². The number of aryl methyl sites for hydroxylation is 2. The second-order valence-corrected chi connectivity index (χ2v) is 5.95. The lowest BCUT2D eigenvalue weighted by atomic mass is 9.89. The van der Waals surface area contributed by atoms with Crippen molar-refractivity contribution in [3.8, 4) is 0 Å². The fraction of sp³-hybridized carbons (Fsp3) is 0.533. The number of imidazole rings is 1. The predicted molar refractivity (Wildman–Crippen MR) is 78.1 cm³/mol. The summed E-state index contributed by atoms with van der Waals surface area (Å²) < 4.78 is 4.96. The van der Waals surface area contributed by atoms with Gasteiger partial charge in [0.25, 0.3) is 0 Å². The Morgan fingerprint density at radius 3 is 3.00 bits per heavy atom. The number of carbonyl (C=O) groups is 1. The zero-order valence-electron chi connectivity index (χ0n) is 12.6. The first-order chi connectivity index (χ1) is 10.0. The standard InChI is InChI=1S/C15H20N4O2/c1-8(2)14-16-11-5-4-10(7-12(11)17-14)15(20)18-13-6-9(3)21-19-13/h6,8,10H,4-5,7H2,1-3H3,(H,16,17)(H,18,19,20)/t10-/m0/s1. The van der Waals surface area contributed by atoms with E-state index in [1.165, 1.54) is 0 Å². The maximum atomic E-state index is 12.3. The normalized spacial score (nSPS) is 17.8. The molecule has 0 aliphatic heterocycles. The molecule has 2 aromatic heterocycles. The molecule has 0 spiro atoms. The molecule has 6 heteroatoms. The molecule has 2 N–H and O–H groups in total. The zero-order valence-corrected chi connectivity index (χ0v) is 12.6. The number of amides is 1. The van der Waals surface area contributed by atoms with E-state index in [0.717, 1.165) is 30.1 Å². The maximum absolute atomic E-state index is 12.3. The minimum atomic E-state index is -0.0463. The van der Waals surface area contributed by atoms with Gasteiger partial charge in [0.15, 0.2) is 5.82 Å². The van der Waals surface area contributed by atoms with Crippen LogP contribution in [0.1, 0.15) is 49.2 Å². The Balaban J connectivity index is 1.69. The number of anilines is 1. The van der Waals surface area contributed by atoms with Crippen LogP contribution in [0.15, 0.2) is 10.6 Å². The Morgan fingerprint density at radius 2 is 2.33 bits per heavy atom. The third-order valence-corrected chi connectivity index (χ3v) is 3.86. The molecule has 1 amide bonds. The van der Waals surface area contributed by atoms with Crippen molar-refractivity contribution in [2.75, 3.05) is 5.32 Å². The van der Waals surface area contributed by atoms with Gasteiger partial charge in [-0.15, -0.1) is 0 Å². The van der Waals surface area contributed by atoms with Crippen LogP contribution in [0.4, 0.5) is 5.82 Å². The molecule has 1 aliphatic carbocycles. The second-order valence-electron chi connectivity index (χ2n) is 5.95. The van der Waals surface area contributed by atoms with Crippen LogP contribution >= 0.6 is 0 Å². The molecule has 0 aromatic carbocycles. The van der Waals surface area contributed by atoms with Crippen LogP contribution in [-0.4, -0.2) is 21.0 Å². The van der Waals surface area contributed by atoms with E-state index in [2.05, 4.69) is 34.3 Å². The Morgan fingerprint density at radius 1 is 1.52 bits per heavy atom. The summed E-state index contributed by atoms with van der Waals surface area (Å²) in [7, 11) is 0. The number of hydrogen-bond donors (Lipinski definition) is 2. The van der Waals surface area contributed by atoms with Crippen molar-refractivity contribution in [3.63, 3.8) is 0 Å². The highest BCUT2D eigenvalue weighted by molar-refractivity contribution is 5.91. The van der Waals surface area contributed by atoms with E-state index in [4.69, 9.17) is 4.52 Å². The van der Waals surface area contributed by atoms with Crippen molar-refractivity contribution < 1.29 is 9.32 Å². The molecule has 0 radical (unpaired) electrons. The van der Waals surface area contributed by atoms with E-state index in [9.17, 15) is 4.79 Å². The van der Waals surface area contributed by atoms with Crippen LogP contribution < -0.4 is 5.32 Å². The minimum absolute atomic E-state index is 0.00496. The number of nitrogens with zero attached hydrogens (tertiary/aromatic N) is 2. The van der Waals surface area contributed by atoms with Crippen LogP contribution in [0.5, 0.6) is 0 Å². The molecule has 0 saturated heterocycles. The van der Waals surface area contributed by atoms with Gasteiger partial charge in [0.1, 0.15) is 11.6 Å². The summed E-state index contributed by atoms with van der Waals surface area (Å²) in [6, 6.07) is 1.72. The Kier molecular flexibility index (Phi) is 3.53. The highest BCUT2D eigenvalue weighted by atomic mass is 16.5. The molecule has 3 rings (SSSR count). The fourth-order valence-electron chi connectivity index (χ4n) is 2.65. The number of rotatable bonds is 3. The van der Waals surface area contributed by atoms with Gasteiger partial charge in [0.2, 0.25) is 5.91 Å². The lowest BCUT2D eigenvalue weighted by molar-refractivity contribution is -0.120. The number of carbonyl (C=O) groups excluding carboxylic acids is 1. The molecule has 0 unspecified atom stereocenters. The average Bonchev–Trinajstić information content (AvgIpc) is 3.03. The first kappa shape index (κ1) is 13.9. The van der Waals surface area contributed by atoms with Crippen LogP contribution in [0.2, 0.25) is 0 Å². The first-order valence-electron chi connectivity index (χ1n) is 7.34. The van der Waals surface area contributed by atoms with Crippen molar-refractivity contribution in [2.24, 2.45) is 5.92 Å². The van der Waals surface area contributed by atoms with Gasteiger partial charge in [-0.1, -0.05) is 19.0 Å². The number of nitrogens with one attached hydrogen (secondary N) is 2. The highest BCUT2D eigenvalue weighted by Gasteiger charge is 2.28. The van der Waals surface area contributed by atoms with Gasteiger partial charge in [-0.2, -0.15) is 0 Å². The van der Waals surface area contributed by atoms with Crippen LogP contribution in [0, 0.1) is 12.8 Å². The lowest BCUT2D eigenvalue weighted by Gasteiger charge is -2.19. The molecule has 21 heavy (non-hydrogen) atoms. The number of aromatic amines is 1. The summed E-state index contributed by atoms with van der Waals surface area (Å²) in [6.07, 6.45) is 2.37. The fourth-order valence-corrected chi connectivity index (χ4v) is 2.65. The highest BCUT2D eigenvalue weighted by Crippen LogP contribution is 2.26. The van der Waals surface area contributed by atoms with Gasteiger partial charge in [-0.05, 0) is 19.8 Å². The summed E-state index contributed by atoms with van der Waals surface area (Å²) in [6.45, 7) is 6.02. The van der Waals surface area contributed by atoms with E-state index >= 15 is 0 Å². The van der Waals surface area contributed by atoms with Crippen LogP contribution in [-0.2, 0) is 17.6 Å². The van der Waals surface area contributed by atoms with E-state index in [1.807, 2.05) is 0 Å². The van der Waals surface area contributed by atoms with Crippen molar-refractivity contribution in [3.05, 3.63) is 29.0 Å². The number of aromatic nitrogens is 3. The summed E-state index contributed by atoms with van der Waals surface area (Å²) in [5.41, 5.74) is 2.21. The quantitative estimate of drug-likeness (QED) is 0.909. The summed E-state index contributed by atoms with van der Waals surface area (Å²) in [5, 5.41) is 6.61. The summed E-state index contributed by atoms with van der Waals surface area (Å²) in [4.78, 5) is 20.3. The molecule has 0 bridgehead atoms. The molecule has 1 atom stereocenters. The van der Waals surface area contributed by atoms with Crippen LogP contribution in [0.3, 0.4) is 0 Å². The zero-order chi connectivity index (χ0) is 15.0. The van der Waals surface area contributed by atoms with Gasteiger partial charge in [0.05, 0.1) is 5.69 Å². The monoisotopic (exact) mass is 288 g/mol. The molecule has 2 aromatic rings. The molecule has 0 fully saturated rings. The largest absolute Gasteiger partial charge is 0.360 e. The van der Waals surface area contributed by atoms with E-state index in [-0.39, 0.29) is 11.8 Å². The lowest BCUT2D eigenvalue weighted by Crippen LogP contribution is -2.28. The molecular formula is C15H20N4O2. The van der Waals surface area contributed by atoms with Crippen molar-refractivity contribution in [1.29, 1.82) is 0 Å². The number of fused-ring (bicyclic) bond motifs is 1. The minimum Gasteiger partial charge on any atom is -0.360 e. The molecule has 2 heterocycles. The van der Waals surface area contributed by atoms with Gasteiger partial charge in [-0.3, -0.25) is 4.79 Å². The van der Waals surface area contributed by atoms with Gasteiger partial charge < -0.3 is 14.8 Å². The van der Waals surface area contributed by atoms with Crippen LogP contribution in [0.25, 0.3) is 0 Å². The van der Waals surface area contributed by atoms with Crippen molar-refractivity contribution in [2.45, 2.75) is 46.0 Å². The van der Waals surface area contributed by atoms with Crippen molar-refractivity contribution >= 4 is 11.7 Å². The number of H-pyrrole nitrogens is 1. The predicted octanol–water partition coefficient (Wildman–Crippen LogP) is 2.57. The third kappa shape index (κ3) is 2.84. The third-order valence-electron chi connectivity index (χ3n) is 3.86. The Bertz CT molecular complexity index is 656. The summed E-state index contributed by atoms with van der Waals surface area (Å²) in [5.74, 6) is 2.50. The Labute approximate surface area is 123 Å². The smallest absolute Gasteiger partial charge is 0.229 e. The second kappa shape index (κ2) is 5.35. The van der Waals surface area contributed by atoms with Gasteiger partial charge in [-0.25, -0.2) is 4.98 Å². The van der Waals surface area contributed by atoms with Gasteiger partial charge >= 0.3 is 0 Å². The van der Waals surface area contributed by atoms with Crippen molar-refractivity contribution in [1.82, 2.24) is 15.1 Å². The molecule has 0 saturated carbocycles. The molecule has 6 nitrogen and oxygen atoms in total. The van der Waals surface area contributed by atoms with E-state index in [0.29, 0.717) is 23.9 Å². The average molecular weight is 288 g/mol. The van der Waals surface area contributed by atoms with Gasteiger partial charge in [0, 0.05) is 30.0 Å². The molecule has 112 valence electrons. The first-order valence-corrected chi connectivity index (χ1v) is 7.34. The van der Waals surface area contributed by atoms with E-state index < -0.39 is 0 Å². The maximum Gasteiger partial charge on any atom is 0.229 e. The molecular weight excluding hydrogens is 268 g/mol. The molecule has 1 aliphatic rings. The SMILES string of the molecule is Cc1cc(NC(=O)[C@H]2CCc3nc(C(C)C)[nH]c3C2)no1.